The molecule has 2 N–H and O–H groups in total. The molecule has 0 bridgehead atoms. The summed E-state index contributed by atoms with van der Waals surface area (Å²) in [6, 6.07) is 4.40. The minimum absolute atomic E-state index is 0.164. The number of hydrogen-bond acceptors (Lipinski definition) is 4. The topological polar surface area (TPSA) is 58.8 Å². The molecular weight excluding hydrogens is 293 g/mol. The maximum Gasteiger partial charge on any atom is 0.409 e. The number of carbonyl (C=O) groups is 1. The van der Waals surface area contributed by atoms with Crippen molar-refractivity contribution in [2.75, 3.05) is 37.7 Å². The standard InChI is InChI=1S/C14H18FN3O2S/c1-2-20-14(19)18-7-5-17(6-8-18)12-4-3-10(15)9-11(12)13(16)21/h3-4,9H,2,5-8H2,1H3,(H2,16,21). The van der Waals surface area contributed by atoms with E-state index in [0.717, 1.165) is 5.69 Å². The number of ether oxygens (including phenoxy) is 1. The molecule has 1 aromatic carbocycles. The highest BCUT2D eigenvalue weighted by Gasteiger charge is 2.23. The first-order valence-electron chi connectivity index (χ1n) is 6.79. The van der Waals surface area contributed by atoms with Crippen molar-refractivity contribution in [2.24, 2.45) is 5.73 Å². The van der Waals surface area contributed by atoms with Crippen molar-refractivity contribution in [3.05, 3.63) is 29.6 Å². The van der Waals surface area contributed by atoms with Gasteiger partial charge in [0.25, 0.3) is 0 Å². The monoisotopic (exact) mass is 311 g/mol. The van der Waals surface area contributed by atoms with Crippen LogP contribution >= 0.6 is 12.2 Å². The molecule has 1 saturated heterocycles. The summed E-state index contributed by atoms with van der Waals surface area (Å²) in [5.41, 5.74) is 6.98. The Morgan fingerprint density at radius 2 is 2.05 bits per heavy atom. The number of nitrogens with two attached hydrogens (primary N) is 1. The molecule has 1 amide bonds. The first kappa shape index (κ1) is 15.5. The average Bonchev–Trinajstić information content (AvgIpc) is 2.47. The quantitative estimate of drug-likeness (QED) is 0.862. The predicted molar refractivity (Wildman–Crippen MR) is 83.1 cm³/mol. The minimum atomic E-state index is -0.369. The zero-order valence-corrected chi connectivity index (χ0v) is 12.7. The van der Waals surface area contributed by atoms with E-state index in [-0.39, 0.29) is 16.9 Å². The van der Waals surface area contributed by atoms with Gasteiger partial charge in [0, 0.05) is 37.4 Å². The van der Waals surface area contributed by atoms with Gasteiger partial charge in [-0.2, -0.15) is 0 Å². The van der Waals surface area contributed by atoms with Crippen LogP contribution in [-0.4, -0.2) is 48.8 Å². The fraction of sp³-hybridized carbons (Fsp3) is 0.429. The van der Waals surface area contributed by atoms with Crippen molar-refractivity contribution in [1.82, 2.24) is 4.90 Å². The molecule has 0 aromatic heterocycles. The molecule has 0 radical (unpaired) electrons. The van der Waals surface area contributed by atoms with Gasteiger partial charge >= 0.3 is 6.09 Å². The van der Waals surface area contributed by atoms with Gasteiger partial charge in [-0.25, -0.2) is 9.18 Å². The summed E-state index contributed by atoms with van der Waals surface area (Å²) in [5.74, 6) is -0.369. The Labute approximate surface area is 128 Å². The van der Waals surface area contributed by atoms with Gasteiger partial charge in [-0.05, 0) is 25.1 Å². The molecule has 2 rings (SSSR count). The van der Waals surface area contributed by atoms with E-state index in [0.29, 0.717) is 38.3 Å². The summed E-state index contributed by atoms with van der Waals surface area (Å²) in [5, 5.41) is 0. The summed E-state index contributed by atoms with van der Waals surface area (Å²) in [4.78, 5) is 15.5. The Morgan fingerprint density at radius 3 is 2.62 bits per heavy atom. The maximum absolute atomic E-state index is 13.3. The number of piperazine rings is 1. The van der Waals surface area contributed by atoms with Crippen LogP contribution in [0.3, 0.4) is 0 Å². The van der Waals surface area contributed by atoms with Gasteiger partial charge in [-0.1, -0.05) is 12.2 Å². The van der Waals surface area contributed by atoms with Crippen LogP contribution in [0.1, 0.15) is 12.5 Å². The molecule has 1 aliphatic rings. The molecule has 1 aliphatic heterocycles. The van der Waals surface area contributed by atoms with Crippen LogP contribution in [0, 0.1) is 5.82 Å². The highest BCUT2D eigenvalue weighted by molar-refractivity contribution is 7.80. The van der Waals surface area contributed by atoms with Gasteiger partial charge in [0.2, 0.25) is 0 Å². The van der Waals surface area contributed by atoms with Gasteiger partial charge < -0.3 is 20.3 Å². The largest absolute Gasteiger partial charge is 0.450 e. The summed E-state index contributed by atoms with van der Waals surface area (Å²) >= 11 is 4.98. The van der Waals surface area contributed by atoms with E-state index in [1.54, 1.807) is 17.9 Å². The molecular formula is C14H18FN3O2S. The van der Waals surface area contributed by atoms with Crippen LogP contribution in [0.2, 0.25) is 0 Å². The molecule has 21 heavy (non-hydrogen) atoms. The molecule has 114 valence electrons. The molecule has 0 aliphatic carbocycles. The van der Waals surface area contributed by atoms with Crippen molar-refractivity contribution in [3.8, 4) is 0 Å². The Kier molecular flexibility index (Phi) is 4.95. The van der Waals surface area contributed by atoms with Gasteiger partial charge in [-0.15, -0.1) is 0 Å². The number of carbonyl (C=O) groups excluding carboxylic acids is 1. The second-order valence-corrected chi connectivity index (χ2v) is 5.14. The highest BCUT2D eigenvalue weighted by atomic mass is 32.1. The number of benzene rings is 1. The molecule has 5 nitrogen and oxygen atoms in total. The van der Waals surface area contributed by atoms with Crippen molar-refractivity contribution in [1.29, 1.82) is 0 Å². The van der Waals surface area contributed by atoms with E-state index >= 15 is 0 Å². The molecule has 1 heterocycles. The van der Waals surface area contributed by atoms with E-state index < -0.39 is 0 Å². The van der Waals surface area contributed by atoms with Gasteiger partial charge in [0.15, 0.2) is 0 Å². The van der Waals surface area contributed by atoms with Crippen molar-refractivity contribution in [3.63, 3.8) is 0 Å². The third kappa shape index (κ3) is 3.60. The number of anilines is 1. The second kappa shape index (κ2) is 6.71. The predicted octanol–water partition coefficient (Wildman–Crippen LogP) is 1.74. The van der Waals surface area contributed by atoms with Gasteiger partial charge in [-0.3, -0.25) is 0 Å². The number of halogens is 1. The Hall–Kier alpha value is -1.89. The molecule has 0 atom stereocenters. The lowest BCUT2D eigenvalue weighted by atomic mass is 10.1. The third-order valence-corrected chi connectivity index (χ3v) is 3.59. The zero-order valence-electron chi connectivity index (χ0n) is 11.8. The fourth-order valence-electron chi connectivity index (χ4n) is 2.33. The minimum Gasteiger partial charge on any atom is -0.450 e. The zero-order chi connectivity index (χ0) is 15.4. The lowest BCUT2D eigenvalue weighted by molar-refractivity contribution is 0.105. The molecule has 0 spiro atoms. The van der Waals surface area contributed by atoms with E-state index in [9.17, 15) is 9.18 Å². The van der Waals surface area contributed by atoms with E-state index in [1.165, 1.54) is 12.1 Å². The summed E-state index contributed by atoms with van der Waals surface area (Å²) in [7, 11) is 0. The molecule has 7 heteroatoms. The summed E-state index contributed by atoms with van der Waals surface area (Å²) in [6.07, 6.45) is -0.300. The van der Waals surface area contributed by atoms with Gasteiger partial charge in [0.05, 0.1) is 6.61 Å². The Bertz CT molecular complexity index is 545. The van der Waals surface area contributed by atoms with Crippen LogP contribution < -0.4 is 10.6 Å². The van der Waals surface area contributed by atoms with Crippen LogP contribution in [0.5, 0.6) is 0 Å². The Balaban J connectivity index is 2.09. The number of rotatable bonds is 3. The molecule has 1 aromatic rings. The van der Waals surface area contributed by atoms with Crippen LogP contribution in [0.15, 0.2) is 18.2 Å². The molecule has 1 fully saturated rings. The fourth-order valence-corrected chi connectivity index (χ4v) is 2.49. The van der Waals surface area contributed by atoms with E-state index in [1.807, 2.05) is 4.90 Å². The normalized spacial score (nSPS) is 15.0. The number of thiocarbonyl (C=S) groups is 1. The van der Waals surface area contributed by atoms with Crippen LogP contribution in [0.4, 0.5) is 14.9 Å². The van der Waals surface area contributed by atoms with E-state index in [4.69, 9.17) is 22.7 Å². The SMILES string of the molecule is CCOC(=O)N1CCN(c2ccc(F)cc2C(N)=S)CC1. The number of nitrogens with zero attached hydrogens (tertiary/aromatic N) is 2. The maximum atomic E-state index is 13.3. The third-order valence-electron chi connectivity index (χ3n) is 3.37. The number of amides is 1. The average molecular weight is 311 g/mol. The second-order valence-electron chi connectivity index (χ2n) is 4.70. The van der Waals surface area contributed by atoms with Gasteiger partial charge in [0.1, 0.15) is 10.8 Å². The van der Waals surface area contributed by atoms with Crippen LogP contribution in [-0.2, 0) is 4.74 Å². The summed E-state index contributed by atoms with van der Waals surface area (Å²) in [6.45, 7) is 4.49. The first-order chi connectivity index (χ1) is 10.0. The lowest BCUT2D eigenvalue weighted by Gasteiger charge is -2.36. The van der Waals surface area contributed by atoms with Crippen LogP contribution in [0.25, 0.3) is 0 Å². The first-order valence-corrected chi connectivity index (χ1v) is 7.19. The lowest BCUT2D eigenvalue weighted by Crippen LogP contribution is -2.49. The molecule has 0 unspecified atom stereocenters. The number of hydrogen-bond donors (Lipinski definition) is 1. The smallest absolute Gasteiger partial charge is 0.409 e. The van der Waals surface area contributed by atoms with Crippen molar-refractivity contribution < 1.29 is 13.9 Å². The Morgan fingerprint density at radius 1 is 1.38 bits per heavy atom. The van der Waals surface area contributed by atoms with Crippen molar-refractivity contribution in [2.45, 2.75) is 6.92 Å². The van der Waals surface area contributed by atoms with Crippen molar-refractivity contribution >= 4 is 29.0 Å². The van der Waals surface area contributed by atoms with E-state index in [2.05, 4.69) is 0 Å². The summed E-state index contributed by atoms with van der Waals surface area (Å²) < 4.78 is 18.3. The molecule has 0 saturated carbocycles. The highest BCUT2D eigenvalue weighted by Crippen LogP contribution is 2.23.